The first-order chi connectivity index (χ1) is 12.1. The fraction of sp³-hybridized carbons (Fsp3) is 0.889. The number of likely N-dealkylation sites (tertiary alicyclic amines) is 1. The van der Waals surface area contributed by atoms with Crippen LogP contribution < -0.4 is 10.6 Å². The highest BCUT2D eigenvalue weighted by Gasteiger charge is 2.23. The van der Waals surface area contributed by atoms with Gasteiger partial charge in [-0.15, -0.1) is 24.0 Å². The molecule has 0 radical (unpaired) electrons. The standard InChI is InChI=1S/C18H35N5O2.HI/c1-4-23-10-7-8-15(23)12-19-18(21-14-17(24)22(2)3)20-13-16-9-5-6-11-25-16;/h15-16H,4-14H2,1-3H3,(H2,19,20,21);1H. The fourth-order valence-corrected chi connectivity index (χ4v) is 3.40. The topological polar surface area (TPSA) is 69.2 Å². The number of guanidine groups is 1. The van der Waals surface area contributed by atoms with Gasteiger partial charge in [0, 0.05) is 39.8 Å². The van der Waals surface area contributed by atoms with Gasteiger partial charge in [0.25, 0.3) is 0 Å². The van der Waals surface area contributed by atoms with Crippen molar-refractivity contribution in [3.8, 4) is 0 Å². The number of rotatable bonds is 7. The van der Waals surface area contributed by atoms with Gasteiger partial charge in [-0.25, -0.2) is 4.99 Å². The molecular formula is C18H36IN5O2. The number of nitrogens with zero attached hydrogens (tertiary/aromatic N) is 3. The van der Waals surface area contributed by atoms with Crippen molar-refractivity contribution in [3.63, 3.8) is 0 Å². The number of hydrogen-bond donors (Lipinski definition) is 2. The Morgan fingerprint density at radius 2 is 1.96 bits per heavy atom. The first-order valence-corrected chi connectivity index (χ1v) is 9.68. The van der Waals surface area contributed by atoms with Gasteiger partial charge < -0.3 is 20.3 Å². The number of halogens is 1. The summed E-state index contributed by atoms with van der Waals surface area (Å²) in [5, 5.41) is 6.80. The van der Waals surface area contributed by atoms with Crippen molar-refractivity contribution in [2.75, 3.05) is 53.4 Å². The molecule has 152 valence electrons. The minimum Gasteiger partial charge on any atom is -0.376 e. The van der Waals surface area contributed by atoms with Crippen molar-refractivity contribution in [2.24, 2.45) is 4.99 Å². The molecule has 0 spiro atoms. The van der Waals surface area contributed by atoms with E-state index in [1.54, 1.807) is 19.0 Å². The van der Waals surface area contributed by atoms with E-state index in [1.165, 1.54) is 25.8 Å². The summed E-state index contributed by atoms with van der Waals surface area (Å²) in [6.07, 6.45) is 6.18. The molecule has 7 nitrogen and oxygen atoms in total. The Kier molecular flexibility index (Phi) is 11.5. The summed E-state index contributed by atoms with van der Waals surface area (Å²) >= 11 is 0. The molecule has 0 aromatic rings. The van der Waals surface area contributed by atoms with E-state index in [1.807, 2.05) is 0 Å². The van der Waals surface area contributed by atoms with Gasteiger partial charge in [-0.05, 0) is 45.2 Å². The second-order valence-corrected chi connectivity index (χ2v) is 7.13. The molecule has 2 saturated heterocycles. The number of amides is 1. The van der Waals surface area contributed by atoms with Gasteiger partial charge in [-0.2, -0.15) is 0 Å². The van der Waals surface area contributed by atoms with Crippen LogP contribution in [0.5, 0.6) is 0 Å². The third-order valence-electron chi connectivity index (χ3n) is 5.05. The third-order valence-corrected chi connectivity index (χ3v) is 5.05. The predicted octanol–water partition coefficient (Wildman–Crippen LogP) is 1.28. The van der Waals surface area contributed by atoms with Crippen molar-refractivity contribution in [3.05, 3.63) is 0 Å². The van der Waals surface area contributed by atoms with E-state index in [2.05, 4.69) is 27.4 Å². The number of carbonyl (C=O) groups is 1. The number of carbonyl (C=O) groups excluding carboxylic acids is 1. The SMILES string of the molecule is CCN1CCCC1CNC(=NCC(=O)N(C)C)NCC1CCCCO1.I. The number of likely N-dealkylation sites (N-methyl/N-ethyl adjacent to an activating group) is 2. The summed E-state index contributed by atoms with van der Waals surface area (Å²) in [6, 6.07) is 0.549. The van der Waals surface area contributed by atoms with Crippen LogP contribution in [0.4, 0.5) is 0 Å². The van der Waals surface area contributed by atoms with Gasteiger partial charge in [-0.1, -0.05) is 6.92 Å². The fourth-order valence-electron chi connectivity index (χ4n) is 3.40. The summed E-state index contributed by atoms with van der Waals surface area (Å²) in [5.74, 6) is 0.721. The number of aliphatic imine (C=N–C) groups is 1. The highest BCUT2D eigenvalue weighted by Crippen LogP contribution is 2.15. The molecule has 2 aliphatic rings. The van der Waals surface area contributed by atoms with E-state index < -0.39 is 0 Å². The molecule has 0 saturated carbocycles. The lowest BCUT2D eigenvalue weighted by Gasteiger charge is -2.26. The molecule has 2 heterocycles. The van der Waals surface area contributed by atoms with E-state index in [9.17, 15) is 4.79 Å². The molecule has 0 aromatic carbocycles. The number of ether oxygens (including phenoxy) is 1. The monoisotopic (exact) mass is 481 g/mol. The smallest absolute Gasteiger partial charge is 0.243 e. The van der Waals surface area contributed by atoms with Crippen LogP contribution in [0, 0.1) is 0 Å². The average Bonchev–Trinajstić information content (AvgIpc) is 3.09. The van der Waals surface area contributed by atoms with Crippen LogP contribution >= 0.6 is 24.0 Å². The second-order valence-electron chi connectivity index (χ2n) is 7.13. The van der Waals surface area contributed by atoms with Crippen molar-refractivity contribution < 1.29 is 9.53 Å². The molecule has 0 bridgehead atoms. The largest absolute Gasteiger partial charge is 0.376 e. The lowest BCUT2D eigenvalue weighted by atomic mass is 10.1. The molecular weight excluding hydrogens is 445 g/mol. The predicted molar refractivity (Wildman–Crippen MR) is 116 cm³/mol. The van der Waals surface area contributed by atoms with Gasteiger partial charge in [0.05, 0.1) is 6.10 Å². The molecule has 2 aliphatic heterocycles. The van der Waals surface area contributed by atoms with Crippen LogP contribution in [0.3, 0.4) is 0 Å². The highest BCUT2D eigenvalue weighted by molar-refractivity contribution is 14.0. The summed E-state index contributed by atoms with van der Waals surface area (Å²) in [5.41, 5.74) is 0. The van der Waals surface area contributed by atoms with E-state index in [0.29, 0.717) is 12.0 Å². The van der Waals surface area contributed by atoms with E-state index in [0.717, 1.165) is 39.1 Å². The molecule has 8 heteroatoms. The lowest BCUT2D eigenvalue weighted by molar-refractivity contribution is -0.127. The molecule has 2 unspecified atom stereocenters. The highest BCUT2D eigenvalue weighted by atomic mass is 127. The second kappa shape index (κ2) is 12.7. The Balaban J connectivity index is 0.00000338. The van der Waals surface area contributed by atoms with Crippen molar-refractivity contribution >= 4 is 35.8 Å². The Bertz CT molecular complexity index is 441. The third kappa shape index (κ3) is 7.96. The van der Waals surface area contributed by atoms with Crippen LogP contribution in [-0.4, -0.2) is 87.2 Å². The van der Waals surface area contributed by atoms with Crippen molar-refractivity contribution in [2.45, 2.75) is 51.2 Å². The van der Waals surface area contributed by atoms with Crippen LogP contribution in [0.15, 0.2) is 4.99 Å². The summed E-state index contributed by atoms with van der Waals surface area (Å²) in [7, 11) is 3.51. The molecule has 2 fully saturated rings. The van der Waals surface area contributed by atoms with Gasteiger partial charge in [0.2, 0.25) is 5.91 Å². The molecule has 2 rings (SSSR count). The maximum atomic E-state index is 11.8. The zero-order chi connectivity index (χ0) is 18.1. The first kappa shape index (κ1) is 23.4. The molecule has 2 atom stereocenters. The van der Waals surface area contributed by atoms with E-state index >= 15 is 0 Å². The Hall–Kier alpha value is -0.610. The minimum atomic E-state index is 0. The first-order valence-electron chi connectivity index (χ1n) is 9.68. The van der Waals surface area contributed by atoms with Crippen LogP contribution in [-0.2, 0) is 9.53 Å². The van der Waals surface area contributed by atoms with Crippen molar-refractivity contribution in [1.29, 1.82) is 0 Å². The normalized spacial score (nSPS) is 24.0. The van der Waals surface area contributed by atoms with Gasteiger partial charge in [0.15, 0.2) is 5.96 Å². The minimum absolute atomic E-state index is 0. The quantitative estimate of drug-likeness (QED) is 0.326. The zero-order valence-electron chi connectivity index (χ0n) is 16.5. The van der Waals surface area contributed by atoms with Crippen LogP contribution in [0.25, 0.3) is 0 Å². The van der Waals surface area contributed by atoms with E-state index in [4.69, 9.17) is 4.74 Å². The zero-order valence-corrected chi connectivity index (χ0v) is 18.8. The van der Waals surface area contributed by atoms with Crippen molar-refractivity contribution in [1.82, 2.24) is 20.4 Å². The summed E-state index contributed by atoms with van der Waals surface area (Å²) < 4.78 is 5.78. The number of hydrogen-bond acceptors (Lipinski definition) is 4. The Morgan fingerprint density at radius 3 is 2.62 bits per heavy atom. The molecule has 1 amide bonds. The van der Waals surface area contributed by atoms with Gasteiger partial charge in [-0.3, -0.25) is 9.69 Å². The maximum absolute atomic E-state index is 11.8. The average molecular weight is 481 g/mol. The van der Waals surface area contributed by atoms with Gasteiger partial charge in [0.1, 0.15) is 6.54 Å². The molecule has 2 N–H and O–H groups in total. The van der Waals surface area contributed by atoms with Crippen LogP contribution in [0.2, 0.25) is 0 Å². The molecule has 26 heavy (non-hydrogen) atoms. The lowest BCUT2D eigenvalue weighted by Crippen LogP contribution is -2.47. The summed E-state index contributed by atoms with van der Waals surface area (Å²) in [4.78, 5) is 20.4. The molecule has 0 aromatic heterocycles. The Morgan fingerprint density at radius 1 is 1.19 bits per heavy atom. The van der Waals surface area contributed by atoms with Crippen LogP contribution in [0.1, 0.15) is 39.0 Å². The maximum Gasteiger partial charge on any atom is 0.243 e. The van der Waals surface area contributed by atoms with E-state index in [-0.39, 0.29) is 42.5 Å². The Labute approximate surface area is 175 Å². The number of nitrogens with one attached hydrogen (secondary N) is 2. The molecule has 0 aliphatic carbocycles. The summed E-state index contributed by atoms with van der Waals surface area (Å²) in [6.45, 7) is 7.08. The van der Waals surface area contributed by atoms with Gasteiger partial charge >= 0.3 is 0 Å².